The maximum Gasteiger partial charge on any atom is 0.367 e. The van der Waals surface area contributed by atoms with Crippen LogP contribution in [0.2, 0.25) is 0 Å². The van der Waals surface area contributed by atoms with Crippen LogP contribution in [0.5, 0.6) is 5.75 Å². The van der Waals surface area contributed by atoms with Gasteiger partial charge in [-0.15, -0.1) is 0 Å². The standard InChI is InChI=1S/C21H17FN4O4/c22-30-17(27)11-23-21(29)18-19(28)15-9-8-14(7-6-13-4-2-1-3-5-13)10-16(15)20-24-12-25-26(18)20/h1-5,8-10,12,28H,6-7,11H2,(H,23,29). The van der Waals surface area contributed by atoms with E-state index in [1.807, 2.05) is 30.3 Å². The van der Waals surface area contributed by atoms with Crippen LogP contribution < -0.4 is 5.32 Å². The van der Waals surface area contributed by atoms with Gasteiger partial charge in [0.15, 0.2) is 17.1 Å². The number of hydrogen-bond acceptors (Lipinski definition) is 6. The summed E-state index contributed by atoms with van der Waals surface area (Å²) in [6, 6.07) is 15.6. The molecular weight excluding hydrogens is 391 g/mol. The van der Waals surface area contributed by atoms with E-state index in [0.717, 1.165) is 18.4 Å². The van der Waals surface area contributed by atoms with Crippen LogP contribution in [0, 0.1) is 0 Å². The van der Waals surface area contributed by atoms with Crippen molar-refractivity contribution in [2.75, 3.05) is 6.54 Å². The predicted molar refractivity (Wildman–Crippen MR) is 106 cm³/mol. The van der Waals surface area contributed by atoms with Crippen molar-refractivity contribution < 1.29 is 24.2 Å². The molecule has 4 aromatic rings. The van der Waals surface area contributed by atoms with Gasteiger partial charge in [-0.05, 0) is 30.0 Å². The van der Waals surface area contributed by atoms with Gasteiger partial charge in [0.05, 0.1) is 0 Å². The minimum absolute atomic E-state index is 0.210. The van der Waals surface area contributed by atoms with Crippen LogP contribution in [0.4, 0.5) is 4.53 Å². The van der Waals surface area contributed by atoms with E-state index in [-0.39, 0.29) is 11.4 Å². The number of fused-ring (bicyclic) bond motifs is 3. The van der Waals surface area contributed by atoms with E-state index in [0.29, 0.717) is 16.4 Å². The molecule has 0 unspecified atom stereocenters. The molecular formula is C21H17FN4O4. The Bertz CT molecular complexity index is 1240. The molecule has 9 heteroatoms. The minimum Gasteiger partial charge on any atom is -0.505 e. The van der Waals surface area contributed by atoms with E-state index in [9.17, 15) is 19.2 Å². The first-order valence-corrected chi connectivity index (χ1v) is 9.19. The molecule has 2 aromatic carbocycles. The first kappa shape index (κ1) is 19.3. The molecule has 0 fully saturated rings. The van der Waals surface area contributed by atoms with Crippen molar-refractivity contribution in [2.45, 2.75) is 12.8 Å². The van der Waals surface area contributed by atoms with Crippen LogP contribution in [0.25, 0.3) is 16.4 Å². The lowest BCUT2D eigenvalue weighted by Gasteiger charge is -2.12. The molecule has 0 saturated heterocycles. The molecule has 4 rings (SSSR count). The molecule has 0 atom stereocenters. The number of nitrogens with zero attached hydrogens (tertiary/aromatic N) is 3. The molecule has 0 aliphatic heterocycles. The molecule has 8 nitrogen and oxygen atoms in total. The monoisotopic (exact) mass is 408 g/mol. The fourth-order valence-electron chi connectivity index (χ4n) is 3.36. The smallest absolute Gasteiger partial charge is 0.367 e. The van der Waals surface area contributed by atoms with Crippen molar-refractivity contribution in [3.05, 3.63) is 71.7 Å². The Morgan fingerprint density at radius 1 is 1.07 bits per heavy atom. The molecule has 0 spiro atoms. The number of rotatable bonds is 6. The number of carbonyl (C=O) groups excluding carboxylic acids is 2. The third-order valence-corrected chi connectivity index (χ3v) is 4.80. The molecule has 0 bridgehead atoms. The highest BCUT2D eigenvalue weighted by Crippen LogP contribution is 2.32. The molecule has 2 N–H and O–H groups in total. The summed E-state index contributed by atoms with van der Waals surface area (Å²) < 4.78 is 13.1. The van der Waals surface area contributed by atoms with Crippen molar-refractivity contribution in [3.8, 4) is 5.75 Å². The molecule has 1 amide bonds. The van der Waals surface area contributed by atoms with Gasteiger partial charge in [0, 0.05) is 15.3 Å². The maximum absolute atomic E-state index is 12.5. The van der Waals surface area contributed by atoms with Crippen molar-refractivity contribution in [2.24, 2.45) is 0 Å². The summed E-state index contributed by atoms with van der Waals surface area (Å²) in [7, 11) is 0. The third kappa shape index (κ3) is 3.64. The summed E-state index contributed by atoms with van der Waals surface area (Å²) in [5, 5.41) is 18.0. The van der Waals surface area contributed by atoms with Crippen LogP contribution in [0.1, 0.15) is 21.6 Å². The summed E-state index contributed by atoms with van der Waals surface area (Å²) in [6.45, 7) is -0.693. The second kappa shape index (κ2) is 8.16. The average Bonchev–Trinajstić information content (AvgIpc) is 3.26. The van der Waals surface area contributed by atoms with Gasteiger partial charge in [0.2, 0.25) is 0 Å². The molecule has 2 aromatic heterocycles. The normalized spacial score (nSPS) is 11.0. The molecule has 2 heterocycles. The lowest BCUT2D eigenvalue weighted by atomic mass is 10.0. The van der Waals surface area contributed by atoms with E-state index in [4.69, 9.17) is 0 Å². The highest BCUT2D eigenvalue weighted by Gasteiger charge is 2.22. The van der Waals surface area contributed by atoms with E-state index < -0.39 is 18.4 Å². The zero-order chi connectivity index (χ0) is 21.1. The van der Waals surface area contributed by atoms with E-state index in [2.05, 4.69) is 32.5 Å². The SMILES string of the molecule is O=C(CNC(=O)c1c(O)c2ccc(CCc3ccccc3)cc2c2ncnn12)OF. The van der Waals surface area contributed by atoms with Gasteiger partial charge in [0.1, 0.15) is 12.9 Å². The zero-order valence-electron chi connectivity index (χ0n) is 15.7. The Kier molecular flexibility index (Phi) is 5.25. The number of halogens is 1. The van der Waals surface area contributed by atoms with Crippen LogP contribution >= 0.6 is 0 Å². The number of aromatic nitrogens is 3. The number of nitrogens with one attached hydrogen (secondary N) is 1. The summed E-state index contributed by atoms with van der Waals surface area (Å²) >= 11 is 0. The topological polar surface area (TPSA) is 106 Å². The lowest BCUT2D eigenvalue weighted by molar-refractivity contribution is -0.182. The van der Waals surface area contributed by atoms with E-state index in [1.165, 1.54) is 16.4 Å². The van der Waals surface area contributed by atoms with Gasteiger partial charge >= 0.3 is 5.97 Å². The fourth-order valence-corrected chi connectivity index (χ4v) is 3.36. The number of aromatic hydroxyl groups is 1. The Labute approximate surface area is 169 Å². The van der Waals surface area contributed by atoms with Crippen molar-refractivity contribution >= 4 is 28.3 Å². The molecule has 0 aliphatic rings. The Morgan fingerprint density at radius 2 is 1.83 bits per heavy atom. The second-order valence-electron chi connectivity index (χ2n) is 6.69. The van der Waals surface area contributed by atoms with Gasteiger partial charge in [0.25, 0.3) is 5.91 Å². The second-order valence-corrected chi connectivity index (χ2v) is 6.69. The van der Waals surface area contributed by atoms with Gasteiger partial charge < -0.3 is 10.4 Å². The number of carbonyl (C=O) groups is 2. The van der Waals surface area contributed by atoms with Crippen molar-refractivity contribution in [1.82, 2.24) is 19.9 Å². The average molecular weight is 408 g/mol. The Hall–Kier alpha value is -4.01. The number of aryl methyl sites for hydroxylation is 2. The van der Waals surface area contributed by atoms with E-state index in [1.54, 1.807) is 6.07 Å². The van der Waals surface area contributed by atoms with Crippen LogP contribution in [0.3, 0.4) is 0 Å². The molecule has 0 aliphatic carbocycles. The summed E-state index contributed by atoms with van der Waals surface area (Å²) in [4.78, 5) is 30.7. The molecule has 0 saturated carbocycles. The van der Waals surface area contributed by atoms with Crippen LogP contribution in [-0.4, -0.2) is 38.1 Å². The summed E-state index contributed by atoms with van der Waals surface area (Å²) in [5.41, 5.74) is 2.42. The highest BCUT2D eigenvalue weighted by molar-refractivity contribution is 6.07. The highest BCUT2D eigenvalue weighted by atomic mass is 19.3. The number of hydrogen-bond donors (Lipinski definition) is 2. The lowest BCUT2D eigenvalue weighted by Crippen LogP contribution is -2.31. The molecule has 30 heavy (non-hydrogen) atoms. The van der Waals surface area contributed by atoms with Crippen LogP contribution in [0.15, 0.2) is 54.9 Å². The Morgan fingerprint density at radius 3 is 2.60 bits per heavy atom. The molecule has 0 radical (unpaired) electrons. The number of pyridine rings is 1. The van der Waals surface area contributed by atoms with Gasteiger partial charge in [-0.3, -0.25) is 9.74 Å². The first-order chi connectivity index (χ1) is 14.6. The van der Waals surface area contributed by atoms with Gasteiger partial charge in [-0.2, -0.15) is 5.10 Å². The zero-order valence-corrected chi connectivity index (χ0v) is 15.7. The Balaban J connectivity index is 1.70. The van der Waals surface area contributed by atoms with Crippen molar-refractivity contribution in [1.29, 1.82) is 0 Å². The number of amides is 1. The summed E-state index contributed by atoms with van der Waals surface area (Å²) in [6.07, 6.45) is 2.90. The minimum atomic E-state index is -1.26. The van der Waals surface area contributed by atoms with Gasteiger partial charge in [-0.1, -0.05) is 42.5 Å². The van der Waals surface area contributed by atoms with Crippen molar-refractivity contribution in [3.63, 3.8) is 0 Å². The predicted octanol–water partition coefficient (Wildman–Crippen LogP) is 2.53. The maximum atomic E-state index is 12.5. The largest absolute Gasteiger partial charge is 0.505 e. The first-order valence-electron chi connectivity index (χ1n) is 9.19. The fraction of sp³-hybridized carbons (Fsp3) is 0.143. The molecule has 152 valence electrons. The van der Waals surface area contributed by atoms with Crippen LogP contribution in [-0.2, 0) is 22.6 Å². The number of benzene rings is 2. The van der Waals surface area contributed by atoms with Gasteiger partial charge in [-0.25, -0.2) is 14.3 Å². The summed E-state index contributed by atoms with van der Waals surface area (Å²) in [5.74, 6) is -2.39. The van der Waals surface area contributed by atoms with E-state index >= 15 is 0 Å². The third-order valence-electron chi connectivity index (χ3n) is 4.80. The quantitative estimate of drug-likeness (QED) is 0.508.